The molecule has 2 aliphatic heterocycles. The predicted octanol–water partition coefficient (Wildman–Crippen LogP) is 3.87. The second-order valence-electron chi connectivity index (χ2n) is 9.44. The summed E-state index contributed by atoms with van der Waals surface area (Å²) >= 11 is 0. The first kappa shape index (κ1) is 24.9. The van der Waals surface area contributed by atoms with Gasteiger partial charge in [0.05, 0.1) is 31.4 Å². The van der Waals surface area contributed by atoms with Gasteiger partial charge in [-0.2, -0.15) is 0 Å². The Bertz CT molecular complexity index is 1040. The lowest BCUT2D eigenvalue weighted by Crippen LogP contribution is -2.38. The molecule has 2 aliphatic rings. The number of aliphatic hydroxyl groups is 1. The number of amides is 1. The largest absolute Gasteiger partial charge is 0.507 e. The number of Topliss-reactive ketones (excluding diaryl/α,β-unsaturated/α-hetero) is 1. The maximum absolute atomic E-state index is 13.2. The van der Waals surface area contributed by atoms with Gasteiger partial charge in [-0.15, -0.1) is 0 Å². The highest BCUT2D eigenvalue weighted by Crippen LogP contribution is 2.39. The van der Waals surface area contributed by atoms with Gasteiger partial charge in [-0.3, -0.25) is 14.5 Å². The molecule has 1 atom stereocenters. The fourth-order valence-corrected chi connectivity index (χ4v) is 4.51. The summed E-state index contributed by atoms with van der Waals surface area (Å²) in [6.45, 7) is 9.18. The predicted molar refractivity (Wildman–Crippen MR) is 134 cm³/mol. The highest BCUT2D eigenvalue weighted by Gasteiger charge is 2.45. The number of aliphatic hydroxyl groups excluding tert-OH is 1. The van der Waals surface area contributed by atoms with Crippen LogP contribution in [0.4, 0.5) is 0 Å². The van der Waals surface area contributed by atoms with E-state index in [-0.39, 0.29) is 11.3 Å². The molecule has 2 heterocycles. The van der Waals surface area contributed by atoms with Crippen LogP contribution in [0.2, 0.25) is 0 Å². The van der Waals surface area contributed by atoms with Gasteiger partial charge >= 0.3 is 0 Å². The van der Waals surface area contributed by atoms with Gasteiger partial charge in [0, 0.05) is 31.7 Å². The number of benzene rings is 2. The van der Waals surface area contributed by atoms with Crippen LogP contribution < -0.4 is 4.74 Å². The van der Waals surface area contributed by atoms with Crippen molar-refractivity contribution in [3.8, 4) is 5.75 Å². The molecule has 7 heteroatoms. The van der Waals surface area contributed by atoms with Crippen molar-refractivity contribution in [2.75, 3.05) is 46.0 Å². The van der Waals surface area contributed by atoms with Gasteiger partial charge in [-0.05, 0) is 42.2 Å². The number of carbonyl (C=O) groups is 2. The fourth-order valence-electron chi connectivity index (χ4n) is 4.51. The van der Waals surface area contributed by atoms with Crippen LogP contribution in [0, 0.1) is 5.92 Å². The zero-order valence-electron chi connectivity index (χ0n) is 20.5. The molecule has 186 valence electrons. The molecule has 2 saturated heterocycles. The quantitative estimate of drug-likeness (QED) is 0.335. The zero-order valence-corrected chi connectivity index (χ0v) is 20.5. The molecule has 1 N–H and O–H groups in total. The lowest BCUT2D eigenvalue weighted by atomic mass is 9.95. The Balaban J connectivity index is 1.59. The van der Waals surface area contributed by atoms with E-state index in [1.807, 2.05) is 30.3 Å². The smallest absolute Gasteiger partial charge is 0.295 e. The summed E-state index contributed by atoms with van der Waals surface area (Å²) in [7, 11) is 0. The molecular formula is C28H34N2O5. The van der Waals surface area contributed by atoms with E-state index in [1.54, 1.807) is 29.2 Å². The van der Waals surface area contributed by atoms with Crippen molar-refractivity contribution < 1.29 is 24.2 Å². The van der Waals surface area contributed by atoms with Crippen molar-refractivity contribution >= 4 is 17.4 Å². The maximum atomic E-state index is 13.2. The summed E-state index contributed by atoms with van der Waals surface area (Å²) in [4.78, 5) is 30.2. The first-order chi connectivity index (χ1) is 17.0. The van der Waals surface area contributed by atoms with E-state index in [0.717, 1.165) is 44.8 Å². The van der Waals surface area contributed by atoms with Crippen molar-refractivity contribution in [3.05, 3.63) is 71.3 Å². The van der Waals surface area contributed by atoms with Crippen LogP contribution in [0.5, 0.6) is 5.75 Å². The Morgan fingerprint density at radius 3 is 2.37 bits per heavy atom. The summed E-state index contributed by atoms with van der Waals surface area (Å²) in [6, 6.07) is 15.8. The van der Waals surface area contributed by atoms with Crippen LogP contribution in [-0.4, -0.2) is 72.6 Å². The van der Waals surface area contributed by atoms with E-state index in [1.165, 1.54) is 0 Å². The van der Waals surface area contributed by atoms with Crippen molar-refractivity contribution in [1.82, 2.24) is 9.80 Å². The van der Waals surface area contributed by atoms with Crippen LogP contribution in [0.25, 0.3) is 5.76 Å². The molecule has 7 nitrogen and oxygen atoms in total. The number of ether oxygens (including phenoxy) is 2. The van der Waals surface area contributed by atoms with Crippen molar-refractivity contribution in [2.24, 2.45) is 5.92 Å². The summed E-state index contributed by atoms with van der Waals surface area (Å²) in [5, 5.41) is 11.2. The Morgan fingerprint density at radius 1 is 1.03 bits per heavy atom. The zero-order chi connectivity index (χ0) is 24.8. The Labute approximate surface area is 206 Å². The van der Waals surface area contributed by atoms with Crippen LogP contribution in [-0.2, 0) is 14.3 Å². The van der Waals surface area contributed by atoms with Crippen LogP contribution in [0.1, 0.15) is 37.4 Å². The van der Waals surface area contributed by atoms with Crippen LogP contribution >= 0.6 is 0 Å². The van der Waals surface area contributed by atoms with Crippen molar-refractivity contribution in [3.63, 3.8) is 0 Å². The highest BCUT2D eigenvalue weighted by atomic mass is 16.5. The number of nitrogens with zero attached hydrogens (tertiary/aromatic N) is 2. The molecule has 1 unspecified atom stereocenters. The normalized spacial score (nSPS) is 20.5. The number of morpholine rings is 1. The lowest BCUT2D eigenvalue weighted by molar-refractivity contribution is -0.140. The van der Waals surface area contributed by atoms with E-state index in [4.69, 9.17) is 9.47 Å². The average molecular weight is 479 g/mol. The number of hydrogen-bond donors (Lipinski definition) is 1. The van der Waals surface area contributed by atoms with E-state index in [2.05, 4.69) is 18.7 Å². The third kappa shape index (κ3) is 5.92. The van der Waals surface area contributed by atoms with Gasteiger partial charge < -0.3 is 19.5 Å². The molecule has 0 aromatic heterocycles. The highest BCUT2D eigenvalue weighted by molar-refractivity contribution is 6.46. The summed E-state index contributed by atoms with van der Waals surface area (Å²) in [5.74, 6) is -0.294. The van der Waals surface area contributed by atoms with E-state index in [9.17, 15) is 14.7 Å². The minimum Gasteiger partial charge on any atom is -0.507 e. The number of ketones is 1. The number of likely N-dealkylation sites (tertiary alicyclic amines) is 1. The second kappa shape index (κ2) is 11.5. The molecule has 2 aromatic rings. The molecule has 0 saturated carbocycles. The molecule has 0 spiro atoms. The molecular weight excluding hydrogens is 444 g/mol. The SMILES string of the molecule is CC(C)COc1ccc(C(O)=C2C(=O)C(=O)N(CCCN3CCOCC3)C2c2ccccc2)cc1. The Kier molecular flexibility index (Phi) is 8.21. The summed E-state index contributed by atoms with van der Waals surface area (Å²) in [6.07, 6.45) is 0.734. The standard InChI is InChI=1S/C28H34N2O5/c1-20(2)19-35-23-11-9-22(10-12-23)26(31)24-25(21-7-4-3-5-8-21)30(28(33)27(24)32)14-6-13-29-15-17-34-18-16-29/h3-5,7-12,20,25,31H,6,13-19H2,1-2H3. The van der Waals surface area contributed by atoms with Gasteiger partial charge in [0.15, 0.2) is 0 Å². The first-order valence-electron chi connectivity index (χ1n) is 12.3. The maximum Gasteiger partial charge on any atom is 0.295 e. The first-order valence-corrected chi connectivity index (χ1v) is 12.3. The summed E-state index contributed by atoms with van der Waals surface area (Å²) in [5.41, 5.74) is 1.41. The number of carbonyl (C=O) groups excluding carboxylic acids is 2. The van der Waals surface area contributed by atoms with E-state index < -0.39 is 17.7 Å². The van der Waals surface area contributed by atoms with Gasteiger partial charge in [0.2, 0.25) is 0 Å². The number of hydrogen-bond acceptors (Lipinski definition) is 6. The third-order valence-corrected chi connectivity index (χ3v) is 6.34. The summed E-state index contributed by atoms with van der Waals surface area (Å²) < 4.78 is 11.1. The minimum atomic E-state index is -0.650. The molecule has 1 amide bonds. The topological polar surface area (TPSA) is 79.3 Å². The minimum absolute atomic E-state index is 0.128. The van der Waals surface area contributed by atoms with Gasteiger partial charge in [0.25, 0.3) is 11.7 Å². The monoisotopic (exact) mass is 478 g/mol. The average Bonchev–Trinajstić information content (AvgIpc) is 3.13. The molecule has 35 heavy (non-hydrogen) atoms. The Hall–Kier alpha value is -3.16. The van der Waals surface area contributed by atoms with Gasteiger partial charge in [-0.25, -0.2) is 0 Å². The molecule has 2 aromatic carbocycles. The molecule has 4 rings (SSSR count). The van der Waals surface area contributed by atoms with E-state index >= 15 is 0 Å². The van der Waals surface area contributed by atoms with Crippen molar-refractivity contribution in [2.45, 2.75) is 26.3 Å². The van der Waals surface area contributed by atoms with Gasteiger partial charge in [0.1, 0.15) is 11.5 Å². The van der Waals surface area contributed by atoms with Crippen molar-refractivity contribution in [1.29, 1.82) is 0 Å². The number of rotatable bonds is 9. The molecule has 0 radical (unpaired) electrons. The third-order valence-electron chi connectivity index (χ3n) is 6.34. The van der Waals surface area contributed by atoms with Crippen LogP contribution in [0.3, 0.4) is 0 Å². The van der Waals surface area contributed by atoms with Gasteiger partial charge in [-0.1, -0.05) is 44.2 Å². The molecule has 2 fully saturated rings. The Morgan fingerprint density at radius 2 is 1.71 bits per heavy atom. The van der Waals surface area contributed by atoms with Crippen LogP contribution in [0.15, 0.2) is 60.2 Å². The lowest BCUT2D eigenvalue weighted by Gasteiger charge is -2.29. The molecule has 0 bridgehead atoms. The second-order valence-corrected chi connectivity index (χ2v) is 9.44. The molecule has 0 aliphatic carbocycles. The van der Waals surface area contributed by atoms with E-state index in [0.29, 0.717) is 30.4 Å². The fraction of sp³-hybridized carbons (Fsp3) is 0.429.